The topological polar surface area (TPSA) is 75.3 Å². The summed E-state index contributed by atoms with van der Waals surface area (Å²) in [6, 6.07) is 24.7. The third-order valence-electron chi connectivity index (χ3n) is 4.20. The fourth-order valence-electron chi connectivity index (χ4n) is 2.77. The molecule has 0 aromatic heterocycles. The molecular formula is C22H22N2O3S. The Kier molecular flexibility index (Phi) is 6.45. The van der Waals surface area contributed by atoms with Gasteiger partial charge in [-0.05, 0) is 48.7 Å². The maximum absolute atomic E-state index is 12.6. The second kappa shape index (κ2) is 9.19. The van der Waals surface area contributed by atoms with Gasteiger partial charge in [-0.1, -0.05) is 54.6 Å². The Morgan fingerprint density at radius 2 is 1.50 bits per heavy atom. The zero-order chi connectivity index (χ0) is 19.8. The van der Waals surface area contributed by atoms with Gasteiger partial charge in [-0.3, -0.25) is 9.52 Å². The van der Waals surface area contributed by atoms with Crippen molar-refractivity contribution in [2.24, 2.45) is 0 Å². The highest BCUT2D eigenvalue weighted by molar-refractivity contribution is 7.92. The van der Waals surface area contributed by atoms with Gasteiger partial charge in [0.25, 0.3) is 15.9 Å². The second-order valence-corrected chi connectivity index (χ2v) is 8.03. The van der Waals surface area contributed by atoms with E-state index in [4.69, 9.17) is 0 Å². The maximum Gasteiger partial charge on any atom is 0.261 e. The van der Waals surface area contributed by atoms with Crippen molar-refractivity contribution in [3.05, 3.63) is 96.1 Å². The number of hydrogen-bond donors (Lipinski definition) is 2. The summed E-state index contributed by atoms with van der Waals surface area (Å²) >= 11 is 0. The summed E-state index contributed by atoms with van der Waals surface area (Å²) in [5, 5.41) is 2.84. The van der Waals surface area contributed by atoms with Crippen LogP contribution in [-0.2, 0) is 16.4 Å². The molecule has 0 aliphatic heterocycles. The summed E-state index contributed by atoms with van der Waals surface area (Å²) in [6.07, 6.45) is 1.68. The van der Waals surface area contributed by atoms with E-state index in [9.17, 15) is 13.2 Å². The van der Waals surface area contributed by atoms with E-state index < -0.39 is 10.0 Å². The highest BCUT2D eigenvalue weighted by Crippen LogP contribution is 2.17. The van der Waals surface area contributed by atoms with Crippen LogP contribution < -0.4 is 10.0 Å². The number of carbonyl (C=O) groups excluding carboxylic acids is 1. The molecule has 3 aromatic carbocycles. The van der Waals surface area contributed by atoms with Gasteiger partial charge in [0.15, 0.2) is 0 Å². The van der Waals surface area contributed by atoms with Crippen LogP contribution in [0.2, 0.25) is 0 Å². The molecular weight excluding hydrogens is 372 g/mol. The average molecular weight is 394 g/mol. The van der Waals surface area contributed by atoms with Crippen molar-refractivity contribution in [2.75, 3.05) is 11.3 Å². The molecule has 0 saturated carbocycles. The molecule has 0 atom stereocenters. The van der Waals surface area contributed by atoms with Gasteiger partial charge in [0.1, 0.15) is 0 Å². The number of sulfonamides is 1. The SMILES string of the molecule is O=C(NCCCc1ccccc1)c1cccc(S(=O)(=O)Nc2ccccc2)c1. The lowest BCUT2D eigenvalue weighted by Gasteiger charge is -2.10. The quantitative estimate of drug-likeness (QED) is 0.570. The van der Waals surface area contributed by atoms with Gasteiger partial charge in [0, 0.05) is 17.8 Å². The first kappa shape index (κ1) is 19.6. The van der Waals surface area contributed by atoms with Crippen LogP contribution in [0.4, 0.5) is 5.69 Å². The molecule has 2 N–H and O–H groups in total. The van der Waals surface area contributed by atoms with Crippen molar-refractivity contribution < 1.29 is 13.2 Å². The molecule has 3 aromatic rings. The first-order chi connectivity index (χ1) is 13.5. The Morgan fingerprint density at radius 3 is 2.21 bits per heavy atom. The molecule has 0 aliphatic carbocycles. The lowest BCUT2D eigenvalue weighted by molar-refractivity contribution is 0.0953. The van der Waals surface area contributed by atoms with Gasteiger partial charge in [0.05, 0.1) is 4.90 Å². The van der Waals surface area contributed by atoms with Crippen LogP contribution in [0.3, 0.4) is 0 Å². The zero-order valence-electron chi connectivity index (χ0n) is 15.3. The maximum atomic E-state index is 12.6. The van der Waals surface area contributed by atoms with Crippen LogP contribution in [0.15, 0.2) is 89.8 Å². The van der Waals surface area contributed by atoms with E-state index >= 15 is 0 Å². The fourth-order valence-corrected chi connectivity index (χ4v) is 3.87. The smallest absolute Gasteiger partial charge is 0.261 e. The molecule has 3 rings (SSSR count). The predicted molar refractivity (Wildman–Crippen MR) is 111 cm³/mol. The molecule has 0 heterocycles. The molecule has 144 valence electrons. The van der Waals surface area contributed by atoms with Gasteiger partial charge >= 0.3 is 0 Å². The van der Waals surface area contributed by atoms with Crippen LogP contribution in [0.5, 0.6) is 0 Å². The minimum absolute atomic E-state index is 0.0493. The number of benzene rings is 3. The van der Waals surface area contributed by atoms with Crippen LogP contribution in [0.25, 0.3) is 0 Å². The predicted octanol–water partition coefficient (Wildman–Crippen LogP) is 3.85. The summed E-state index contributed by atoms with van der Waals surface area (Å²) in [6.45, 7) is 0.521. The van der Waals surface area contributed by atoms with E-state index in [1.54, 1.807) is 42.5 Å². The normalized spacial score (nSPS) is 11.0. The van der Waals surface area contributed by atoms with Gasteiger partial charge in [-0.2, -0.15) is 0 Å². The summed E-state index contributed by atoms with van der Waals surface area (Å²) in [5.41, 5.74) is 2.01. The van der Waals surface area contributed by atoms with Gasteiger partial charge < -0.3 is 5.32 Å². The molecule has 0 bridgehead atoms. The van der Waals surface area contributed by atoms with Crippen LogP contribution in [-0.4, -0.2) is 20.9 Å². The standard InChI is InChI=1S/C22H22N2O3S/c25-22(23-16-8-11-18-9-3-1-4-10-18)19-12-7-15-21(17-19)28(26,27)24-20-13-5-2-6-14-20/h1-7,9-10,12-15,17,24H,8,11,16H2,(H,23,25). The number of nitrogens with one attached hydrogen (secondary N) is 2. The van der Waals surface area contributed by atoms with E-state index in [0.29, 0.717) is 17.8 Å². The number of hydrogen-bond acceptors (Lipinski definition) is 3. The molecule has 0 aliphatic rings. The number of amides is 1. The van der Waals surface area contributed by atoms with E-state index in [1.807, 2.05) is 18.2 Å². The number of aryl methyl sites for hydroxylation is 1. The number of para-hydroxylation sites is 1. The number of anilines is 1. The summed E-state index contributed by atoms with van der Waals surface area (Å²) in [4.78, 5) is 12.4. The Balaban J connectivity index is 1.59. The second-order valence-electron chi connectivity index (χ2n) is 6.34. The molecule has 5 nitrogen and oxygen atoms in total. The van der Waals surface area contributed by atoms with E-state index in [2.05, 4.69) is 22.2 Å². The molecule has 28 heavy (non-hydrogen) atoms. The monoisotopic (exact) mass is 394 g/mol. The van der Waals surface area contributed by atoms with Crippen LogP contribution in [0.1, 0.15) is 22.3 Å². The highest BCUT2D eigenvalue weighted by atomic mass is 32.2. The largest absolute Gasteiger partial charge is 0.352 e. The van der Waals surface area contributed by atoms with Crippen LogP contribution >= 0.6 is 0 Å². The number of carbonyl (C=O) groups is 1. The van der Waals surface area contributed by atoms with E-state index in [0.717, 1.165) is 12.8 Å². The summed E-state index contributed by atoms with van der Waals surface area (Å²) in [5.74, 6) is -0.287. The first-order valence-electron chi connectivity index (χ1n) is 9.05. The third kappa shape index (κ3) is 5.44. The van der Waals surface area contributed by atoms with Gasteiger partial charge in [-0.15, -0.1) is 0 Å². The molecule has 0 fully saturated rings. The van der Waals surface area contributed by atoms with Crippen molar-refractivity contribution in [1.82, 2.24) is 5.32 Å². The minimum Gasteiger partial charge on any atom is -0.352 e. The van der Waals surface area contributed by atoms with Crippen molar-refractivity contribution >= 4 is 21.6 Å². The summed E-state index contributed by atoms with van der Waals surface area (Å²) in [7, 11) is -3.76. The van der Waals surface area contributed by atoms with E-state index in [1.165, 1.54) is 17.7 Å². The van der Waals surface area contributed by atoms with E-state index in [-0.39, 0.29) is 10.8 Å². The lowest BCUT2D eigenvalue weighted by atomic mass is 10.1. The fraction of sp³-hybridized carbons (Fsp3) is 0.136. The van der Waals surface area contributed by atoms with Crippen molar-refractivity contribution in [2.45, 2.75) is 17.7 Å². The first-order valence-corrected chi connectivity index (χ1v) is 10.5. The molecule has 0 saturated heterocycles. The van der Waals surface area contributed by atoms with Crippen LogP contribution in [0, 0.1) is 0 Å². The van der Waals surface area contributed by atoms with Gasteiger partial charge in [0.2, 0.25) is 0 Å². The third-order valence-corrected chi connectivity index (χ3v) is 5.58. The molecule has 0 spiro atoms. The molecule has 0 unspecified atom stereocenters. The summed E-state index contributed by atoms with van der Waals surface area (Å²) < 4.78 is 27.6. The Hall–Kier alpha value is -3.12. The van der Waals surface area contributed by atoms with Crippen molar-refractivity contribution in [1.29, 1.82) is 0 Å². The molecule has 6 heteroatoms. The molecule has 0 radical (unpaired) electrons. The minimum atomic E-state index is -3.76. The Bertz CT molecular complexity index is 1020. The Morgan fingerprint density at radius 1 is 0.821 bits per heavy atom. The highest BCUT2D eigenvalue weighted by Gasteiger charge is 2.16. The molecule has 1 amide bonds. The zero-order valence-corrected chi connectivity index (χ0v) is 16.2. The van der Waals surface area contributed by atoms with Gasteiger partial charge in [-0.25, -0.2) is 8.42 Å². The number of rotatable bonds is 8. The average Bonchev–Trinajstić information content (AvgIpc) is 2.72. The van der Waals surface area contributed by atoms with Crippen molar-refractivity contribution in [3.63, 3.8) is 0 Å². The van der Waals surface area contributed by atoms with Crippen molar-refractivity contribution in [3.8, 4) is 0 Å². The Labute approximate surface area is 165 Å². The lowest BCUT2D eigenvalue weighted by Crippen LogP contribution is -2.25.